The van der Waals surface area contributed by atoms with Crippen LogP contribution in [0.1, 0.15) is 24.3 Å². The van der Waals surface area contributed by atoms with Crippen molar-refractivity contribution >= 4 is 34.4 Å². The van der Waals surface area contributed by atoms with Crippen molar-refractivity contribution < 1.29 is 4.79 Å². The number of amides is 1. The molecule has 0 unspecified atom stereocenters. The number of nitrogen functional groups attached to an aromatic ring is 1. The Morgan fingerprint density at radius 2 is 1.90 bits per heavy atom. The molecule has 0 fully saturated rings. The Morgan fingerprint density at radius 3 is 2.60 bits per heavy atom. The first-order chi connectivity index (χ1) is 14.4. The summed E-state index contributed by atoms with van der Waals surface area (Å²) in [5.74, 6) is 0.0803. The van der Waals surface area contributed by atoms with Crippen LogP contribution in [0.25, 0.3) is 22.3 Å². The number of rotatable bonds is 5. The van der Waals surface area contributed by atoms with Gasteiger partial charge in [-0.3, -0.25) is 9.78 Å². The Kier molecular flexibility index (Phi) is 5.09. The van der Waals surface area contributed by atoms with Crippen molar-refractivity contribution in [3.63, 3.8) is 0 Å². The van der Waals surface area contributed by atoms with Gasteiger partial charge in [0.15, 0.2) is 5.65 Å². The standard InChI is InChI=1S/C21H20ClN7O/c1-21(2,11-25-20(30)15-5-3-4-10-24-15)29-19-16(18(23)26-12-27-19)17(28-29)13-6-8-14(22)9-7-13/h3-10,12H,11H2,1-2H3,(H,25,30)(H2,23,26,27). The summed E-state index contributed by atoms with van der Waals surface area (Å²) in [6.07, 6.45) is 2.99. The molecule has 3 heterocycles. The summed E-state index contributed by atoms with van der Waals surface area (Å²) in [6.45, 7) is 4.23. The summed E-state index contributed by atoms with van der Waals surface area (Å²) >= 11 is 6.03. The summed E-state index contributed by atoms with van der Waals surface area (Å²) in [5.41, 5.74) is 8.01. The van der Waals surface area contributed by atoms with Gasteiger partial charge in [0.05, 0.1) is 10.9 Å². The number of pyridine rings is 1. The molecule has 0 aliphatic carbocycles. The van der Waals surface area contributed by atoms with Gasteiger partial charge in [-0.05, 0) is 38.1 Å². The average Bonchev–Trinajstić information content (AvgIpc) is 3.15. The second-order valence-electron chi connectivity index (χ2n) is 7.43. The lowest BCUT2D eigenvalue weighted by molar-refractivity contribution is 0.0931. The van der Waals surface area contributed by atoms with Gasteiger partial charge < -0.3 is 11.1 Å². The molecule has 1 amide bonds. The van der Waals surface area contributed by atoms with Gasteiger partial charge in [-0.15, -0.1) is 0 Å². The Morgan fingerprint density at radius 1 is 1.13 bits per heavy atom. The maximum Gasteiger partial charge on any atom is 0.269 e. The molecule has 30 heavy (non-hydrogen) atoms. The van der Waals surface area contributed by atoms with Crippen LogP contribution >= 0.6 is 11.6 Å². The molecule has 8 nitrogen and oxygen atoms in total. The van der Waals surface area contributed by atoms with E-state index in [1.807, 2.05) is 26.0 Å². The molecule has 0 aliphatic heterocycles. The van der Waals surface area contributed by atoms with Gasteiger partial charge in [0.25, 0.3) is 5.91 Å². The minimum atomic E-state index is -0.603. The number of fused-ring (bicyclic) bond motifs is 1. The van der Waals surface area contributed by atoms with E-state index in [1.165, 1.54) is 6.33 Å². The molecule has 0 spiro atoms. The topological polar surface area (TPSA) is 112 Å². The second kappa shape index (κ2) is 7.72. The molecule has 0 saturated carbocycles. The predicted molar refractivity (Wildman–Crippen MR) is 116 cm³/mol. The third-order valence-corrected chi connectivity index (χ3v) is 5.02. The number of anilines is 1. The molecule has 0 saturated heterocycles. The van der Waals surface area contributed by atoms with E-state index in [4.69, 9.17) is 22.4 Å². The number of nitrogens with two attached hydrogens (primary N) is 1. The van der Waals surface area contributed by atoms with Crippen LogP contribution in [-0.4, -0.2) is 37.2 Å². The van der Waals surface area contributed by atoms with Gasteiger partial charge >= 0.3 is 0 Å². The first kappa shape index (κ1) is 19.8. The van der Waals surface area contributed by atoms with Crippen LogP contribution in [0.5, 0.6) is 0 Å². The fourth-order valence-electron chi connectivity index (χ4n) is 3.17. The number of aromatic nitrogens is 5. The molecule has 0 atom stereocenters. The molecule has 9 heteroatoms. The molecule has 1 aromatic carbocycles. The maximum absolute atomic E-state index is 12.4. The van der Waals surface area contributed by atoms with Crippen LogP contribution in [0.3, 0.4) is 0 Å². The van der Waals surface area contributed by atoms with E-state index in [1.54, 1.807) is 41.2 Å². The monoisotopic (exact) mass is 421 g/mol. The lowest BCUT2D eigenvalue weighted by Crippen LogP contribution is -2.41. The largest absolute Gasteiger partial charge is 0.383 e. The lowest BCUT2D eigenvalue weighted by atomic mass is 10.1. The van der Waals surface area contributed by atoms with Gasteiger partial charge in [-0.25, -0.2) is 14.6 Å². The molecule has 0 bridgehead atoms. The van der Waals surface area contributed by atoms with E-state index >= 15 is 0 Å². The van der Waals surface area contributed by atoms with Gasteiger partial charge in [-0.1, -0.05) is 29.8 Å². The van der Waals surface area contributed by atoms with Crippen LogP contribution in [0, 0.1) is 0 Å². The number of nitrogens with one attached hydrogen (secondary N) is 1. The summed E-state index contributed by atoms with van der Waals surface area (Å²) in [7, 11) is 0. The van der Waals surface area contributed by atoms with E-state index < -0.39 is 5.54 Å². The minimum Gasteiger partial charge on any atom is -0.383 e. The number of halogens is 1. The van der Waals surface area contributed by atoms with Crippen LogP contribution in [0.4, 0.5) is 5.82 Å². The van der Waals surface area contributed by atoms with Crippen LogP contribution < -0.4 is 11.1 Å². The van der Waals surface area contributed by atoms with E-state index in [2.05, 4.69) is 20.3 Å². The van der Waals surface area contributed by atoms with Gasteiger partial charge in [-0.2, -0.15) is 5.10 Å². The van der Waals surface area contributed by atoms with Crippen molar-refractivity contribution in [1.82, 2.24) is 30.0 Å². The molecule has 152 valence electrons. The van der Waals surface area contributed by atoms with Crippen molar-refractivity contribution in [2.24, 2.45) is 0 Å². The smallest absolute Gasteiger partial charge is 0.269 e. The van der Waals surface area contributed by atoms with E-state index in [0.717, 1.165) is 5.56 Å². The highest BCUT2D eigenvalue weighted by Gasteiger charge is 2.28. The molecule has 0 radical (unpaired) electrons. The zero-order valence-electron chi connectivity index (χ0n) is 16.5. The normalized spacial score (nSPS) is 11.6. The van der Waals surface area contributed by atoms with Crippen molar-refractivity contribution in [2.45, 2.75) is 19.4 Å². The SMILES string of the molecule is CC(C)(CNC(=O)c1ccccn1)n1nc(-c2ccc(Cl)cc2)c2c(N)ncnc21. The Bertz CT molecular complexity index is 1200. The van der Waals surface area contributed by atoms with Crippen molar-refractivity contribution in [3.8, 4) is 11.3 Å². The molecular formula is C21H20ClN7O. The highest BCUT2D eigenvalue weighted by Crippen LogP contribution is 2.33. The molecular weight excluding hydrogens is 402 g/mol. The second-order valence-corrected chi connectivity index (χ2v) is 7.87. The molecule has 4 aromatic rings. The number of benzene rings is 1. The summed E-state index contributed by atoms with van der Waals surface area (Å²) in [5, 5.41) is 9.00. The summed E-state index contributed by atoms with van der Waals surface area (Å²) in [4.78, 5) is 25.1. The van der Waals surface area contributed by atoms with Crippen molar-refractivity contribution in [3.05, 3.63) is 65.7 Å². The first-order valence-corrected chi connectivity index (χ1v) is 9.69. The predicted octanol–water partition coefficient (Wildman–Crippen LogP) is 3.29. The molecule has 3 aromatic heterocycles. The third-order valence-electron chi connectivity index (χ3n) is 4.76. The highest BCUT2D eigenvalue weighted by atomic mass is 35.5. The number of nitrogens with zero attached hydrogens (tertiary/aromatic N) is 5. The molecule has 0 aliphatic rings. The van der Waals surface area contributed by atoms with E-state index in [0.29, 0.717) is 39.8 Å². The first-order valence-electron chi connectivity index (χ1n) is 9.32. The zero-order chi connectivity index (χ0) is 21.3. The Balaban J connectivity index is 1.72. The molecule has 3 N–H and O–H groups in total. The molecule has 4 rings (SSSR count). The summed E-state index contributed by atoms with van der Waals surface area (Å²) in [6, 6.07) is 12.5. The highest BCUT2D eigenvalue weighted by molar-refractivity contribution is 6.30. The van der Waals surface area contributed by atoms with E-state index in [-0.39, 0.29) is 5.91 Å². The number of hydrogen-bond donors (Lipinski definition) is 2. The van der Waals surface area contributed by atoms with E-state index in [9.17, 15) is 4.79 Å². The zero-order valence-corrected chi connectivity index (χ0v) is 17.3. The number of hydrogen-bond acceptors (Lipinski definition) is 6. The lowest BCUT2D eigenvalue weighted by Gasteiger charge is -2.26. The summed E-state index contributed by atoms with van der Waals surface area (Å²) < 4.78 is 1.77. The maximum atomic E-state index is 12.4. The van der Waals surface area contributed by atoms with Crippen LogP contribution in [-0.2, 0) is 5.54 Å². The third kappa shape index (κ3) is 3.69. The fraction of sp³-hybridized carbons (Fsp3) is 0.190. The fourth-order valence-corrected chi connectivity index (χ4v) is 3.29. The Hall–Kier alpha value is -3.52. The Labute approximate surface area is 178 Å². The van der Waals surface area contributed by atoms with Gasteiger partial charge in [0.2, 0.25) is 0 Å². The van der Waals surface area contributed by atoms with Crippen LogP contribution in [0.2, 0.25) is 5.02 Å². The van der Waals surface area contributed by atoms with Crippen molar-refractivity contribution in [2.75, 3.05) is 12.3 Å². The van der Waals surface area contributed by atoms with Gasteiger partial charge in [0.1, 0.15) is 23.5 Å². The average molecular weight is 422 g/mol. The number of carbonyl (C=O) groups is 1. The quantitative estimate of drug-likeness (QED) is 0.511. The van der Waals surface area contributed by atoms with Crippen molar-refractivity contribution in [1.29, 1.82) is 0 Å². The van der Waals surface area contributed by atoms with Crippen LogP contribution in [0.15, 0.2) is 55.0 Å². The minimum absolute atomic E-state index is 0.257. The number of carbonyl (C=O) groups excluding carboxylic acids is 1. The van der Waals surface area contributed by atoms with Gasteiger partial charge in [0, 0.05) is 23.3 Å².